The molecule has 0 aliphatic rings. The van der Waals surface area contributed by atoms with E-state index in [1.807, 2.05) is 30.3 Å². The smallest absolute Gasteiger partial charge is 0.329 e. The lowest BCUT2D eigenvalue weighted by Gasteiger charge is -2.31. The van der Waals surface area contributed by atoms with Gasteiger partial charge in [0.1, 0.15) is 5.54 Å². The van der Waals surface area contributed by atoms with E-state index in [0.717, 1.165) is 5.56 Å². The van der Waals surface area contributed by atoms with Crippen molar-refractivity contribution in [1.29, 1.82) is 0 Å². The van der Waals surface area contributed by atoms with Crippen molar-refractivity contribution in [2.75, 3.05) is 7.05 Å². The molecule has 0 unspecified atom stereocenters. The highest BCUT2D eigenvalue weighted by Gasteiger charge is 2.36. The molecule has 120 valence electrons. The van der Waals surface area contributed by atoms with Crippen molar-refractivity contribution < 1.29 is 14.7 Å². The molecule has 0 saturated carbocycles. The second kappa shape index (κ2) is 6.16. The van der Waals surface area contributed by atoms with Crippen molar-refractivity contribution in [3.05, 3.63) is 47.8 Å². The zero-order valence-electron chi connectivity index (χ0n) is 13.6. The Bertz CT molecular complexity index is 742. The molecular formula is C17H19N3O3. The van der Waals surface area contributed by atoms with Gasteiger partial charge in [-0.15, -0.1) is 0 Å². The van der Waals surface area contributed by atoms with Crippen LogP contribution in [0.4, 0.5) is 0 Å². The first-order chi connectivity index (χ1) is 10.7. The van der Waals surface area contributed by atoms with E-state index in [4.69, 9.17) is 0 Å². The molecule has 0 aliphatic carbocycles. The normalized spacial score (nSPS) is 11.1. The number of likely N-dealkylation sites (N-methyl/N-ethyl adjacent to an activating group) is 1. The van der Waals surface area contributed by atoms with Crippen LogP contribution in [0.25, 0.3) is 11.4 Å². The summed E-state index contributed by atoms with van der Waals surface area (Å²) in [5.41, 5.74) is 0.342. The number of hydrogen-bond acceptors (Lipinski definition) is 4. The predicted octanol–water partition coefficient (Wildman–Crippen LogP) is 2.39. The number of carbonyl (C=O) groups excluding carboxylic acids is 1. The Balaban J connectivity index is 2.35. The molecule has 23 heavy (non-hydrogen) atoms. The van der Waals surface area contributed by atoms with Gasteiger partial charge in [0.05, 0.1) is 11.3 Å². The number of carbonyl (C=O) groups is 2. The van der Waals surface area contributed by atoms with Gasteiger partial charge in [-0.3, -0.25) is 4.79 Å². The van der Waals surface area contributed by atoms with E-state index < -0.39 is 17.4 Å². The Morgan fingerprint density at radius 1 is 1.17 bits per heavy atom. The molecule has 1 heterocycles. The monoisotopic (exact) mass is 313 g/mol. The van der Waals surface area contributed by atoms with Crippen LogP contribution in [0.5, 0.6) is 0 Å². The van der Waals surface area contributed by atoms with Crippen LogP contribution in [-0.2, 0) is 4.79 Å². The van der Waals surface area contributed by atoms with Crippen LogP contribution < -0.4 is 0 Å². The van der Waals surface area contributed by atoms with Gasteiger partial charge in [0.15, 0.2) is 5.82 Å². The Morgan fingerprint density at radius 3 is 2.30 bits per heavy atom. The van der Waals surface area contributed by atoms with E-state index in [1.54, 1.807) is 6.92 Å². The summed E-state index contributed by atoms with van der Waals surface area (Å²) >= 11 is 0. The van der Waals surface area contributed by atoms with Gasteiger partial charge in [-0.1, -0.05) is 30.3 Å². The summed E-state index contributed by atoms with van der Waals surface area (Å²) in [6.45, 7) is 4.66. The van der Waals surface area contributed by atoms with Crippen LogP contribution >= 0.6 is 0 Å². The molecular weight excluding hydrogens is 294 g/mol. The summed E-state index contributed by atoms with van der Waals surface area (Å²) in [5, 5.41) is 9.24. The highest BCUT2D eigenvalue weighted by atomic mass is 16.4. The maximum absolute atomic E-state index is 12.5. The minimum atomic E-state index is -1.32. The molecule has 0 aliphatic heterocycles. The maximum Gasteiger partial charge on any atom is 0.329 e. The average molecular weight is 313 g/mol. The number of benzene rings is 1. The van der Waals surface area contributed by atoms with Gasteiger partial charge in [0.25, 0.3) is 5.91 Å². The summed E-state index contributed by atoms with van der Waals surface area (Å²) in [6, 6.07) is 9.44. The molecule has 0 bridgehead atoms. The summed E-state index contributed by atoms with van der Waals surface area (Å²) in [4.78, 5) is 33.6. The van der Waals surface area contributed by atoms with Crippen LogP contribution in [0, 0.1) is 6.92 Å². The fourth-order valence-corrected chi connectivity index (χ4v) is 1.98. The van der Waals surface area contributed by atoms with Gasteiger partial charge < -0.3 is 10.0 Å². The summed E-state index contributed by atoms with van der Waals surface area (Å²) in [7, 11) is 1.46. The topological polar surface area (TPSA) is 83.4 Å². The van der Waals surface area contributed by atoms with E-state index in [2.05, 4.69) is 9.97 Å². The lowest BCUT2D eigenvalue weighted by atomic mass is 10.0. The Hall–Kier alpha value is -2.76. The fourth-order valence-electron chi connectivity index (χ4n) is 1.98. The second-order valence-corrected chi connectivity index (χ2v) is 5.79. The minimum absolute atomic E-state index is 0.293. The van der Waals surface area contributed by atoms with Gasteiger partial charge >= 0.3 is 5.97 Å². The number of carboxylic acid groups (broad SMARTS) is 1. The van der Waals surface area contributed by atoms with Crippen molar-refractivity contribution in [2.45, 2.75) is 26.3 Å². The van der Waals surface area contributed by atoms with Crippen LogP contribution in [0.2, 0.25) is 0 Å². The van der Waals surface area contributed by atoms with Gasteiger partial charge in [-0.05, 0) is 20.8 Å². The number of aliphatic carboxylic acids is 1. The number of carboxylic acids is 1. The first kappa shape index (κ1) is 16.6. The van der Waals surface area contributed by atoms with E-state index in [1.165, 1.54) is 32.0 Å². The predicted molar refractivity (Wildman–Crippen MR) is 86.0 cm³/mol. The van der Waals surface area contributed by atoms with Crippen molar-refractivity contribution in [2.24, 2.45) is 0 Å². The fraction of sp³-hybridized carbons (Fsp3) is 0.294. The first-order valence-corrected chi connectivity index (χ1v) is 7.15. The van der Waals surface area contributed by atoms with E-state index in [9.17, 15) is 14.7 Å². The molecule has 0 spiro atoms. The molecule has 6 heteroatoms. The quantitative estimate of drug-likeness (QED) is 0.937. The van der Waals surface area contributed by atoms with Crippen molar-refractivity contribution >= 4 is 11.9 Å². The van der Waals surface area contributed by atoms with E-state index in [-0.39, 0.29) is 0 Å². The number of aryl methyl sites for hydroxylation is 1. The molecule has 1 aromatic heterocycles. The number of aromatic nitrogens is 2. The molecule has 6 nitrogen and oxygen atoms in total. The molecule has 0 saturated heterocycles. The van der Waals surface area contributed by atoms with E-state index >= 15 is 0 Å². The van der Waals surface area contributed by atoms with Crippen LogP contribution in [0.15, 0.2) is 36.5 Å². The Morgan fingerprint density at radius 2 is 1.78 bits per heavy atom. The number of rotatable bonds is 4. The molecule has 2 aromatic rings. The SMILES string of the molecule is Cc1nc(-c2ccccc2)ncc1C(=O)N(C)C(C)(C)C(=O)O. The largest absolute Gasteiger partial charge is 0.480 e. The second-order valence-electron chi connectivity index (χ2n) is 5.79. The zero-order valence-corrected chi connectivity index (χ0v) is 13.6. The molecule has 1 N–H and O–H groups in total. The van der Waals surface area contributed by atoms with Gasteiger partial charge in [-0.2, -0.15) is 0 Å². The van der Waals surface area contributed by atoms with Gasteiger partial charge in [0, 0.05) is 18.8 Å². The summed E-state index contributed by atoms with van der Waals surface area (Å²) in [6.07, 6.45) is 1.45. The third kappa shape index (κ3) is 3.21. The summed E-state index contributed by atoms with van der Waals surface area (Å²) in [5.74, 6) is -0.970. The minimum Gasteiger partial charge on any atom is -0.480 e. The number of hydrogen-bond donors (Lipinski definition) is 1. The van der Waals surface area contributed by atoms with E-state index in [0.29, 0.717) is 17.1 Å². The molecule has 2 rings (SSSR count). The lowest BCUT2D eigenvalue weighted by Crippen LogP contribution is -2.51. The zero-order chi connectivity index (χ0) is 17.2. The Labute approximate surface area is 134 Å². The first-order valence-electron chi connectivity index (χ1n) is 7.15. The van der Waals surface area contributed by atoms with Gasteiger partial charge in [-0.25, -0.2) is 14.8 Å². The molecule has 1 aromatic carbocycles. The number of nitrogens with zero attached hydrogens (tertiary/aromatic N) is 3. The molecule has 0 atom stereocenters. The average Bonchev–Trinajstić information content (AvgIpc) is 2.54. The maximum atomic E-state index is 12.5. The molecule has 1 amide bonds. The van der Waals surface area contributed by atoms with Crippen LogP contribution in [0.3, 0.4) is 0 Å². The van der Waals surface area contributed by atoms with Crippen molar-refractivity contribution in [3.63, 3.8) is 0 Å². The van der Waals surface area contributed by atoms with Crippen molar-refractivity contribution in [3.8, 4) is 11.4 Å². The van der Waals surface area contributed by atoms with Crippen LogP contribution in [-0.4, -0.2) is 44.4 Å². The standard InChI is InChI=1S/C17H19N3O3/c1-11-13(15(21)20(4)17(2,3)16(22)23)10-18-14(19-11)12-8-6-5-7-9-12/h5-10H,1-4H3,(H,22,23). The molecule has 0 fully saturated rings. The van der Waals surface area contributed by atoms with Gasteiger partial charge in [0.2, 0.25) is 0 Å². The third-order valence-electron chi connectivity index (χ3n) is 3.91. The lowest BCUT2D eigenvalue weighted by molar-refractivity contribution is -0.147. The third-order valence-corrected chi connectivity index (χ3v) is 3.91. The Kier molecular flexibility index (Phi) is 4.45. The van der Waals surface area contributed by atoms with Crippen LogP contribution in [0.1, 0.15) is 29.9 Å². The van der Waals surface area contributed by atoms with Crippen molar-refractivity contribution in [1.82, 2.24) is 14.9 Å². The molecule has 0 radical (unpaired) electrons. The number of amides is 1. The summed E-state index contributed by atoms with van der Waals surface area (Å²) < 4.78 is 0. The highest BCUT2D eigenvalue weighted by Crippen LogP contribution is 2.20. The highest BCUT2D eigenvalue weighted by molar-refractivity contribution is 5.98.